The summed E-state index contributed by atoms with van der Waals surface area (Å²) in [4.78, 5) is 14.6. The van der Waals surface area contributed by atoms with Crippen molar-refractivity contribution in [2.24, 2.45) is 0 Å². The summed E-state index contributed by atoms with van der Waals surface area (Å²) in [5.74, 6) is -1.04. The molecule has 9 heteroatoms. The van der Waals surface area contributed by atoms with Crippen molar-refractivity contribution in [3.05, 3.63) is 88.7 Å². The van der Waals surface area contributed by atoms with Gasteiger partial charge in [0.2, 0.25) is 0 Å². The van der Waals surface area contributed by atoms with Crippen LogP contribution in [0, 0.1) is 5.82 Å². The van der Waals surface area contributed by atoms with Crippen molar-refractivity contribution in [3.8, 4) is 0 Å². The van der Waals surface area contributed by atoms with Crippen molar-refractivity contribution in [3.63, 3.8) is 0 Å². The second kappa shape index (κ2) is 9.74. The molecular weight excluding hydrogens is 479 g/mol. The minimum absolute atomic E-state index is 0.0542. The second-order valence-electron chi connectivity index (χ2n) is 8.27. The minimum atomic E-state index is -4.18. The lowest BCUT2D eigenvalue weighted by Crippen LogP contribution is -2.45. The standard InChI is InChI=1S/C25H24ClFN2O4S/c1-16-14-29(15-17(2)33-16)24-11-9-20(13-22(24)27)34(31,32)28-23-10-8-19(26)12-21(23)25(30)18-6-4-3-5-7-18/h3-13,16-17,28H,14-15H2,1-2H3/t16-,17+. The molecule has 34 heavy (non-hydrogen) atoms. The SMILES string of the molecule is C[C@@H]1CN(c2ccc(S(=O)(=O)Nc3ccc(Cl)cc3C(=O)c3ccccc3)cc2F)C[C@H](C)O1. The van der Waals surface area contributed by atoms with Crippen LogP contribution in [-0.2, 0) is 14.8 Å². The van der Waals surface area contributed by atoms with Gasteiger partial charge in [0.25, 0.3) is 10.0 Å². The number of morpholine rings is 1. The maximum Gasteiger partial charge on any atom is 0.262 e. The van der Waals surface area contributed by atoms with Crippen molar-refractivity contribution in [2.45, 2.75) is 31.0 Å². The average molecular weight is 503 g/mol. The molecule has 6 nitrogen and oxygen atoms in total. The predicted molar refractivity (Wildman–Crippen MR) is 131 cm³/mol. The highest BCUT2D eigenvalue weighted by atomic mass is 35.5. The summed E-state index contributed by atoms with van der Waals surface area (Å²) >= 11 is 6.08. The van der Waals surface area contributed by atoms with Gasteiger partial charge in [-0.2, -0.15) is 0 Å². The highest BCUT2D eigenvalue weighted by Crippen LogP contribution is 2.29. The maximum atomic E-state index is 15.0. The van der Waals surface area contributed by atoms with E-state index in [0.29, 0.717) is 24.3 Å². The third-order valence-corrected chi connectivity index (χ3v) is 7.09. The van der Waals surface area contributed by atoms with E-state index in [-0.39, 0.29) is 33.4 Å². The van der Waals surface area contributed by atoms with Crippen LogP contribution in [0.5, 0.6) is 0 Å². The van der Waals surface area contributed by atoms with E-state index < -0.39 is 21.6 Å². The zero-order valence-electron chi connectivity index (χ0n) is 18.7. The number of benzene rings is 3. The Kier molecular flexibility index (Phi) is 6.93. The van der Waals surface area contributed by atoms with Crippen LogP contribution in [0.3, 0.4) is 0 Å². The molecule has 1 fully saturated rings. The molecule has 2 atom stereocenters. The molecule has 178 valence electrons. The Hall–Kier alpha value is -2.94. The molecule has 0 radical (unpaired) electrons. The van der Waals surface area contributed by atoms with Gasteiger partial charge in [0.1, 0.15) is 5.82 Å². The Morgan fingerprint density at radius 3 is 2.35 bits per heavy atom. The van der Waals surface area contributed by atoms with E-state index in [9.17, 15) is 17.6 Å². The van der Waals surface area contributed by atoms with E-state index in [1.807, 2.05) is 18.7 Å². The number of rotatable bonds is 6. The summed E-state index contributed by atoms with van der Waals surface area (Å²) in [6.07, 6.45) is -0.141. The Labute approximate surface area is 203 Å². The molecule has 0 aliphatic carbocycles. The van der Waals surface area contributed by atoms with Gasteiger partial charge in [-0.1, -0.05) is 41.9 Å². The minimum Gasteiger partial charge on any atom is -0.372 e. The number of anilines is 2. The van der Waals surface area contributed by atoms with Crippen LogP contribution in [0.2, 0.25) is 5.02 Å². The zero-order chi connectivity index (χ0) is 24.5. The van der Waals surface area contributed by atoms with Gasteiger partial charge in [0.15, 0.2) is 5.78 Å². The number of nitrogens with one attached hydrogen (secondary N) is 1. The third kappa shape index (κ3) is 5.24. The summed E-state index contributed by atoms with van der Waals surface area (Å²) in [6, 6.07) is 16.5. The molecule has 0 aromatic heterocycles. The number of sulfonamides is 1. The molecule has 0 unspecified atom stereocenters. The Balaban J connectivity index is 1.63. The van der Waals surface area contributed by atoms with Crippen molar-refractivity contribution in [1.29, 1.82) is 0 Å². The van der Waals surface area contributed by atoms with Gasteiger partial charge < -0.3 is 9.64 Å². The van der Waals surface area contributed by atoms with Crippen LogP contribution in [0.1, 0.15) is 29.8 Å². The lowest BCUT2D eigenvalue weighted by molar-refractivity contribution is -0.00540. The quantitative estimate of drug-likeness (QED) is 0.473. The summed E-state index contributed by atoms with van der Waals surface area (Å²) in [5, 5.41) is 0.284. The fraction of sp³-hybridized carbons (Fsp3) is 0.240. The molecule has 0 amide bonds. The number of ether oxygens (including phenoxy) is 1. The fourth-order valence-electron chi connectivity index (χ4n) is 4.03. The number of hydrogen-bond acceptors (Lipinski definition) is 5. The average Bonchev–Trinajstić information content (AvgIpc) is 2.79. The smallest absolute Gasteiger partial charge is 0.262 e. The molecular formula is C25H24ClFN2O4S. The molecule has 1 N–H and O–H groups in total. The van der Waals surface area contributed by atoms with E-state index >= 15 is 0 Å². The monoisotopic (exact) mass is 502 g/mol. The van der Waals surface area contributed by atoms with Gasteiger partial charge >= 0.3 is 0 Å². The Morgan fingerprint density at radius 1 is 1.03 bits per heavy atom. The number of ketones is 1. The molecule has 1 saturated heterocycles. The van der Waals surface area contributed by atoms with E-state index in [4.69, 9.17) is 16.3 Å². The lowest BCUT2D eigenvalue weighted by atomic mass is 10.0. The molecule has 4 rings (SSSR count). The molecule has 1 aliphatic heterocycles. The van der Waals surface area contributed by atoms with E-state index in [1.165, 1.54) is 30.3 Å². The molecule has 0 spiro atoms. The van der Waals surface area contributed by atoms with E-state index in [0.717, 1.165) is 6.07 Å². The third-order valence-electron chi connectivity index (χ3n) is 5.50. The Bertz CT molecular complexity index is 1310. The van der Waals surface area contributed by atoms with Crippen molar-refractivity contribution in [1.82, 2.24) is 0 Å². The van der Waals surface area contributed by atoms with Gasteiger partial charge in [-0.15, -0.1) is 0 Å². The Morgan fingerprint density at radius 2 is 1.71 bits per heavy atom. The largest absolute Gasteiger partial charge is 0.372 e. The maximum absolute atomic E-state index is 15.0. The molecule has 1 heterocycles. The predicted octanol–water partition coefficient (Wildman–Crippen LogP) is 5.12. The normalized spacial score (nSPS) is 18.5. The summed E-state index contributed by atoms with van der Waals surface area (Å²) < 4.78 is 49.3. The number of nitrogens with zero attached hydrogens (tertiary/aromatic N) is 1. The van der Waals surface area contributed by atoms with Crippen LogP contribution in [-0.4, -0.2) is 39.5 Å². The van der Waals surface area contributed by atoms with Gasteiger partial charge in [0.05, 0.1) is 28.5 Å². The molecule has 0 saturated carbocycles. The van der Waals surface area contributed by atoms with Crippen LogP contribution in [0.15, 0.2) is 71.6 Å². The van der Waals surface area contributed by atoms with Crippen LogP contribution < -0.4 is 9.62 Å². The zero-order valence-corrected chi connectivity index (χ0v) is 20.2. The van der Waals surface area contributed by atoms with Crippen LogP contribution in [0.4, 0.5) is 15.8 Å². The molecule has 3 aromatic carbocycles. The molecule has 0 bridgehead atoms. The van der Waals surface area contributed by atoms with Crippen molar-refractivity contribution in [2.75, 3.05) is 22.7 Å². The lowest BCUT2D eigenvalue weighted by Gasteiger charge is -2.37. The van der Waals surface area contributed by atoms with Gasteiger partial charge in [-0.3, -0.25) is 9.52 Å². The fourth-order valence-corrected chi connectivity index (χ4v) is 5.29. The van der Waals surface area contributed by atoms with Gasteiger partial charge in [-0.05, 0) is 50.2 Å². The first-order chi connectivity index (χ1) is 16.1. The second-order valence-corrected chi connectivity index (χ2v) is 10.4. The molecule has 1 aliphatic rings. The topological polar surface area (TPSA) is 75.7 Å². The summed E-state index contributed by atoms with van der Waals surface area (Å²) in [6.45, 7) is 4.82. The highest BCUT2D eigenvalue weighted by molar-refractivity contribution is 7.92. The van der Waals surface area contributed by atoms with Gasteiger partial charge in [0, 0.05) is 29.2 Å². The van der Waals surface area contributed by atoms with Crippen molar-refractivity contribution < 1.29 is 22.3 Å². The highest BCUT2D eigenvalue weighted by Gasteiger charge is 2.26. The first kappa shape index (κ1) is 24.2. The van der Waals surface area contributed by atoms with E-state index in [1.54, 1.807) is 30.3 Å². The summed E-state index contributed by atoms with van der Waals surface area (Å²) in [5.41, 5.74) is 0.844. The number of hydrogen-bond donors (Lipinski definition) is 1. The van der Waals surface area contributed by atoms with Crippen LogP contribution >= 0.6 is 11.6 Å². The van der Waals surface area contributed by atoms with Crippen LogP contribution in [0.25, 0.3) is 0 Å². The number of halogens is 2. The number of carbonyl (C=O) groups is 1. The molecule has 3 aromatic rings. The van der Waals surface area contributed by atoms with E-state index in [2.05, 4.69) is 4.72 Å². The van der Waals surface area contributed by atoms with Gasteiger partial charge in [-0.25, -0.2) is 12.8 Å². The van der Waals surface area contributed by atoms with Crippen molar-refractivity contribution >= 4 is 38.8 Å². The first-order valence-electron chi connectivity index (χ1n) is 10.8. The number of carbonyl (C=O) groups excluding carboxylic acids is 1. The first-order valence-corrected chi connectivity index (χ1v) is 12.6. The summed E-state index contributed by atoms with van der Waals surface area (Å²) in [7, 11) is -4.18.